The number of hydrogen-bond acceptors (Lipinski definition) is 9. The maximum atomic E-state index is 13.5. The van der Waals surface area contributed by atoms with Crippen molar-refractivity contribution in [1.29, 1.82) is 0 Å². The Morgan fingerprint density at radius 2 is 2.00 bits per heavy atom. The summed E-state index contributed by atoms with van der Waals surface area (Å²) >= 11 is 1.56. The number of rotatable bonds is 8. The lowest BCUT2D eigenvalue weighted by Gasteiger charge is -2.27. The number of aryl methyl sites for hydroxylation is 1. The molecule has 1 aliphatic heterocycles. The number of carbonyl (C=O) groups is 2. The zero-order valence-corrected chi connectivity index (χ0v) is 24.2. The maximum absolute atomic E-state index is 13.5. The van der Waals surface area contributed by atoms with Gasteiger partial charge in [0.2, 0.25) is 11.8 Å². The van der Waals surface area contributed by atoms with Crippen LogP contribution in [0.4, 0.5) is 5.82 Å². The van der Waals surface area contributed by atoms with Crippen molar-refractivity contribution in [3.63, 3.8) is 0 Å². The number of anilines is 1. The van der Waals surface area contributed by atoms with Crippen molar-refractivity contribution in [3.05, 3.63) is 42.7 Å². The molecule has 0 bridgehead atoms. The number of nitrogens with zero attached hydrogens (tertiary/aromatic N) is 7. The molecule has 0 radical (unpaired) electrons. The first-order chi connectivity index (χ1) is 19.1. The van der Waals surface area contributed by atoms with Crippen LogP contribution in [0.1, 0.15) is 18.0 Å². The highest BCUT2D eigenvalue weighted by Gasteiger charge is 2.42. The van der Waals surface area contributed by atoms with E-state index in [1.54, 1.807) is 40.0 Å². The van der Waals surface area contributed by atoms with Crippen LogP contribution < -0.4 is 10.5 Å². The Hall–Kier alpha value is -4.03. The Morgan fingerprint density at radius 3 is 2.70 bits per heavy atom. The van der Waals surface area contributed by atoms with Gasteiger partial charge in [0.25, 0.3) is 0 Å². The third kappa shape index (κ3) is 4.88. The zero-order valence-electron chi connectivity index (χ0n) is 23.4. The van der Waals surface area contributed by atoms with Gasteiger partial charge in [0, 0.05) is 33.1 Å². The molecular formula is C28H34N8O3S. The summed E-state index contributed by atoms with van der Waals surface area (Å²) in [6.07, 6.45) is 3.06. The second kappa shape index (κ2) is 10.9. The van der Waals surface area contributed by atoms with Crippen LogP contribution in [0.3, 0.4) is 0 Å². The third-order valence-electron chi connectivity index (χ3n) is 7.32. The van der Waals surface area contributed by atoms with Crippen LogP contribution >= 0.6 is 11.3 Å². The minimum Gasteiger partial charge on any atom is -0.495 e. The normalized spacial score (nSPS) is 17.2. The van der Waals surface area contributed by atoms with Gasteiger partial charge in [-0.25, -0.2) is 14.6 Å². The second-order valence-electron chi connectivity index (χ2n) is 10.4. The van der Waals surface area contributed by atoms with E-state index in [1.807, 2.05) is 32.0 Å². The quantitative estimate of drug-likeness (QED) is 0.325. The summed E-state index contributed by atoms with van der Waals surface area (Å²) in [5.41, 5.74) is 8.70. The fourth-order valence-electron chi connectivity index (χ4n) is 5.26. The van der Waals surface area contributed by atoms with Crippen LogP contribution in [0.15, 0.2) is 37.2 Å². The first-order valence-electron chi connectivity index (χ1n) is 13.0. The van der Waals surface area contributed by atoms with Crippen molar-refractivity contribution in [2.45, 2.75) is 25.4 Å². The molecule has 210 valence electrons. The van der Waals surface area contributed by atoms with Crippen LogP contribution in [-0.2, 0) is 9.59 Å². The van der Waals surface area contributed by atoms with E-state index in [1.165, 1.54) is 12.4 Å². The minimum atomic E-state index is -0.638. The summed E-state index contributed by atoms with van der Waals surface area (Å²) in [4.78, 5) is 41.3. The molecule has 2 amide bonds. The van der Waals surface area contributed by atoms with Crippen LogP contribution in [0.5, 0.6) is 5.75 Å². The Bertz CT molecular complexity index is 1610. The van der Waals surface area contributed by atoms with E-state index in [0.717, 1.165) is 32.8 Å². The molecule has 3 aromatic heterocycles. The lowest BCUT2D eigenvalue weighted by atomic mass is 10.1. The summed E-state index contributed by atoms with van der Waals surface area (Å²) in [6.45, 7) is 7.25. The van der Waals surface area contributed by atoms with Crippen molar-refractivity contribution >= 4 is 50.1 Å². The predicted molar refractivity (Wildman–Crippen MR) is 157 cm³/mol. The highest BCUT2D eigenvalue weighted by molar-refractivity contribution is 7.22. The van der Waals surface area contributed by atoms with Crippen LogP contribution in [-0.4, -0.2) is 100 Å². The zero-order chi connectivity index (χ0) is 28.7. The Balaban J connectivity index is 1.57. The van der Waals surface area contributed by atoms with Crippen LogP contribution in [0, 0.1) is 6.92 Å². The molecule has 1 saturated heterocycles. The molecule has 1 fully saturated rings. The lowest BCUT2D eigenvalue weighted by molar-refractivity contribution is -0.140. The Morgan fingerprint density at radius 1 is 1.23 bits per heavy atom. The van der Waals surface area contributed by atoms with E-state index in [2.05, 4.69) is 28.7 Å². The number of ether oxygens (including phenoxy) is 1. The molecule has 11 nitrogen and oxygen atoms in total. The standard InChI is InChI=1S/C28H34N8O3S/c1-7-22(37)35-14-18(13-19(35)28(38)34(5)9-8-33(3)4)36-27-23(26(29)30-15-31-27)24(32-36)21-12-17-10-16(2)11-20(39-6)25(17)40-21/h7,10-12,15,18-19H,1,8-9,13-14H2,2-6H3,(H2,29,30,31). The van der Waals surface area contributed by atoms with Gasteiger partial charge in [0.15, 0.2) is 5.65 Å². The van der Waals surface area contributed by atoms with E-state index in [4.69, 9.17) is 15.6 Å². The first-order valence-corrected chi connectivity index (χ1v) is 13.8. The van der Waals surface area contributed by atoms with Gasteiger partial charge in [-0.15, -0.1) is 11.3 Å². The molecule has 1 aromatic carbocycles. The number of methoxy groups -OCH3 is 1. The largest absolute Gasteiger partial charge is 0.495 e. The Kier molecular flexibility index (Phi) is 7.47. The first kappa shape index (κ1) is 27.5. The fraction of sp³-hybridized carbons (Fsp3) is 0.393. The van der Waals surface area contributed by atoms with E-state index < -0.39 is 6.04 Å². The molecule has 40 heavy (non-hydrogen) atoms. The molecule has 4 aromatic rings. The maximum Gasteiger partial charge on any atom is 0.246 e. The number of likely N-dealkylation sites (tertiary alicyclic amines) is 1. The third-order valence-corrected chi connectivity index (χ3v) is 8.50. The molecule has 1 aliphatic rings. The number of amides is 2. The van der Waals surface area contributed by atoms with Crippen molar-refractivity contribution < 1.29 is 14.3 Å². The Labute approximate surface area is 236 Å². The molecule has 2 unspecified atom stereocenters. The van der Waals surface area contributed by atoms with E-state index >= 15 is 0 Å². The summed E-state index contributed by atoms with van der Waals surface area (Å²) in [5.74, 6) is 0.713. The minimum absolute atomic E-state index is 0.114. The number of aromatic nitrogens is 4. The van der Waals surface area contributed by atoms with Crippen LogP contribution in [0.2, 0.25) is 0 Å². The number of nitrogen functional groups attached to an aromatic ring is 1. The molecule has 0 saturated carbocycles. The molecular weight excluding hydrogens is 528 g/mol. The van der Waals surface area contributed by atoms with Crippen molar-refractivity contribution in [2.75, 3.05) is 53.6 Å². The summed E-state index contributed by atoms with van der Waals surface area (Å²) in [5, 5.41) is 6.69. The average molecular weight is 563 g/mol. The summed E-state index contributed by atoms with van der Waals surface area (Å²) in [6, 6.07) is 5.25. The van der Waals surface area contributed by atoms with Gasteiger partial charge in [0.1, 0.15) is 29.6 Å². The highest BCUT2D eigenvalue weighted by atomic mass is 32.1. The van der Waals surface area contributed by atoms with Crippen molar-refractivity contribution in [3.8, 4) is 16.3 Å². The number of nitrogens with two attached hydrogens (primary N) is 1. The smallest absolute Gasteiger partial charge is 0.246 e. The number of hydrogen-bond donors (Lipinski definition) is 1. The number of carbonyl (C=O) groups excluding carboxylic acids is 2. The SMILES string of the molecule is C=CC(=O)N1CC(n2nc(-c3cc4cc(C)cc(OC)c4s3)c3c(N)ncnc32)CC1C(=O)N(C)CCN(C)C. The molecule has 12 heteroatoms. The number of likely N-dealkylation sites (N-methyl/N-ethyl adjacent to an activating group) is 2. The lowest BCUT2D eigenvalue weighted by Crippen LogP contribution is -2.47. The molecule has 4 heterocycles. The predicted octanol–water partition coefficient (Wildman–Crippen LogP) is 2.96. The number of benzene rings is 1. The molecule has 5 rings (SSSR count). The van der Waals surface area contributed by atoms with Gasteiger partial charge in [-0.3, -0.25) is 9.59 Å². The summed E-state index contributed by atoms with van der Waals surface area (Å²) < 4.78 is 8.44. The summed E-state index contributed by atoms with van der Waals surface area (Å²) in [7, 11) is 7.34. The fourth-order valence-corrected chi connectivity index (χ4v) is 6.38. The average Bonchev–Trinajstić information content (AvgIpc) is 3.65. The van der Waals surface area contributed by atoms with E-state index in [-0.39, 0.29) is 17.9 Å². The monoisotopic (exact) mass is 562 g/mol. The highest BCUT2D eigenvalue weighted by Crippen LogP contribution is 2.43. The molecule has 2 atom stereocenters. The number of fused-ring (bicyclic) bond motifs is 2. The van der Waals surface area contributed by atoms with Crippen LogP contribution in [0.25, 0.3) is 31.7 Å². The number of thiophene rings is 1. The topological polar surface area (TPSA) is 123 Å². The van der Waals surface area contributed by atoms with Gasteiger partial charge in [-0.2, -0.15) is 5.10 Å². The van der Waals surface area contributed by atoms with Gasteiger partial charge < -0.3 is 25.2 Å². The van der Waals surface area contributed by atoms with E-state index in [0.29, 0.717) is 42.1 Å². The van der Waals surface area contributed by atoms with Gasteiger partial charge in [-0.05, 0) is 50.2 Å². The molecule has 0 spiro atoms. The second-order valence-corrected chi connectivity index (χ2v) is 11.5. The molecule has 0 aliphatic carbocycles. The van der Waals surface area contributed by atoms with Crippen molar-refractivity contribution in [2.24, 2.45) is 0 Å². The van der Waals surface area contributed by atoms with Gasteiger partial charge in [-0.1, -0.05) is 12.6 Å². The molecule has 2 N–H and O–H groups in total. The van der Waals surface area contributed by atoms with E-state index in [9.17, 15) is 9.59 Å². The van der Waals surface area contributed by atoms with Gasteiger partial charge in [0.05, 0.1) is 28.1 Å². The van der Waals surface area contributed by atoms with Crippen molar-refractivity contribution in [1.82, 2.24) is 34.4 Å². The van der Waals surface area contributed by atoms with Gasteiger partial charge >= 0.3 is 0 Å².